The first kappa shape index (κ1) is 24.2. The van der Waals surface area contributed by atoms with Crippen LogP contribution in [0.3, 0.4) is 0 Å². The van der Waals surface area contributed by atoms with Crippen LogP contribution in [0.1, 0.15) is 37.5 Å². The van der Waals surface area contributed by atoms with Gasteiger partial charge in [-0.1, -0.05) is 39.7 Å². The molecular weight excluding hydrogens is 468 g/mol. The van der Waals surface area contributed by atoms with E-state index in [4.69, 9.17) is 16.3 Å². The van der Waals surface area contributed by atoms with Gasteiger partial charge in [0.1, 0.15) is 11.8 Å². The minimum atomic E-state index is -0.657. The van der Waals surface area contributed by atoms with Crippen LogP contribution in [0.25, 0.3) is 0 Å². The molecule has 1 atom stereocenters. The van der Waals surface area contributed by atoms with Crippen molar-refractivity contribution in [1.82, 2.24) is 10.2 Å². The maximum absolute atomic E-state index is 13.1. The average Bonchev–Trinajstić information content (AvgIpc) is 2.67. The van der Waals surface area contributed by atoms with E-state index in [0.29, 0.717) is 10.8 Å². The summed E-state index contributed by atoms with van der Waals surface area (Å²) in [5.41, 5.74) is 2.89. The summed E-state index contributed by atoms with van der Waals surface area (Å²) in [5, 5.41) is 3.44. The van der Waals surface area contributed by atoms with E-state index >= 15 is 0 Å². The Bertz CT molecular complexity index is 894. The minimum absolute atomic E-state index is 0.0203. The van der Waals surface area contributed by atoms with Crippen LogP contribution in [0.2, 0.25) is 5.02 Å². The molecule has 0 spiro atoms. The molecule has 0 radical (unpaired) electrons. The normalized spacial score (nSPS) is 11.9. The third-order valence-corrected chi connectivity index (χ3v) is 6.10. The molecule has 1 unspecified atom stereocenters. The second-order valence-corrected chi connectivity index (χ2v) is 8.88. The summed E-state index contributed by atoms with van der Waals surface area (Å²) < 4.78 is 6.78. The van der Waals surface area contributed by atoms with Crippen LogP contribution in [0.15, 0.2) is 40.9 Å². The van der Waals surface area contributed by atoms with Crippen LogP contribution >= 0.6 is 27.5 Å². The molecule has 162 valence electrons. The van der Waals surface area contributed by atoms with Gasteiger partial charge in [-0.3, -0.25) is 9.59 Å². The summed E-state index contributed by atoms with van der Waals surface area (Å²) in [5.74, 6) is 0.124. The largest absolute Gasteiger partial charge is 0.484 e. The van der Waals surface area contributed by atoms with Crippen molar-refractivity contribution in [2.45, 2.75) is 53.2 Å². The number of benzene rings is 2. The van der Waals surface area contributed by atoms with Crippen molar-refractivity contribution in [3.8, 4) is 5.75 Å². The Balaban J connectivity index is 2.19. The molecule has 2 aromatic carbocycles. The Labute approximate surface area is 191 Å². The highest BCUT2D eigenvalue weighted by Crippen LogP contribution is 2.26. The third-order valence-electron chi connectivity index (χ3n) is 4.61. The molecule has 0 aromatic heterocycles. The number of hydrogen-bond donors (Lipinski definition) is 1. The summed E-state index contributed by atoms with van der Waals surface area (Å²) in [4.78, 5) is 27.1. The molecule has 2 amide bonds. The van der Waals surface area contributed by atoms with Gasteiger partial charge in [0.05, 0.1) is 0 Å². The lowest BCUT2D eigenvalue weighted by Gasteiger charge is -2.29. The van der Waals surface area contributed by atoms with Crippen molar-refractivity contribution >= 4 is 39.3 Å². The lowest BCUT2D eigenvalue weighted by molar-refractivity contribution is -0.142. The number of aryl methyl sites for hydroxylation is 2. The van der Waals surface area contributed by atoms with E-state index in [2.05, 4.69) is 21.2 Å². The Morgan fingerprint density at radius 3 is 2.33 bits per heavy atom. The van der Waals surface area contributed by atoms with Crippen molar-refractivity contribution in [1.29, 1.82) is 0 Å². The van der Waals surface area contributed by atoms with Gasteiger partial charge in [-0.15, -0.1) is 0 Å². The molecule has 2 aromatic rings. The Morgan fingerprint density at radius 1 is 1.13 bits per heavy atom. The van der Waals surface area contributed by atoms with E-state index in [9.17, 15) is 9.59 Å². The highest BCUT2D eigenvalue weighted by Gasteiger charge is 2.27. The van der Waals surface area contributed by atoms with Gasteiger partial charge >= 0.3 is 0 Å². The SMILES string of the molecule is Cc1cc(OCC(=O)N(Cc2cccc(Cl)c2)C(C)C(=O)NC(C)C)cc(C)c1Br. The van der Waals surface area contributed by atoms with Gasteiger partial charge in [0.2, 0.25) is 5.91 Å². The average molecular weight is 496 g/mol. The van der Waals surface area contributed by atoms with E-state index in [1.807, 2.05) is 52.0 Å². The zero-order valence-corrected chi connectivity index (χ0v) is 20.3. The van der Waals surface area contributed by atoms with Gasteiger partial charge in [-0.05, 0) is 75.6 Å². The topological polar surface area (TPSA) is 58.6 Å². The van der Waals surface area contributed by atoms with Crippen molar-refractivity contribution in [3.63, 3.8) is 0 Å². The van der Waals surface area contributed by atoms with Crippen molar-refractivity contribution in [2.75, 3.05) is 6.61 Å². The first-order valence-electron chi connectivity index (χ1n) is 9.82. The Morgan fingerprint density at radius 2 is 1.77 bits per heavy atom. The lowest BCUT2D eigenvalue weighted by atomic mass is 10.1. The third kappa shape index (κ3) is 6.74. The van der Waals surface area contributed by atoms with Gasteiger partial charge < -0.3 is 15.0 Å². The lowest BCUT2D eigenvalue weighted by Crippen LogP contribution is -2.50. The van der Waals surface area contributed by atoms with E-state index < -0.39 is 6.04 Å². The van der Waals surface area contributed by atoms with Gasteiger partial charge in [-0.25, -0.2) is 0 Å². The van der Waals surface area contributed by atoms with Crippen LogP contribution in [-0.2, 0) is 16.1 Å². The van der Waals surface area contributed by atoms with Gasteiger partial charge in [-0.2, -0.15) is 0 Å². The molecule has 0 aliphatic rings. The molecule has 7 heteroatoms. The van der Waals surface area contributed by atoms with E-state index in [0.717, 1.165) is 21.2 Å². The first-order valence-corrected chi connectivity index (χ1v) is 11.0. The maximum Gasteiger partial charge on any atom is 0.261 e. The highest BCUT2D eigenvalue weighted by atomic mass is 79.9. The molecule has 0 fully saturated rings. The second kappa shape index (κ2) is 10.8. The first-order chi connectivity index (χ1) is 14.1. The zero-order valence-electron chi connectivity index (χ0n) is 18.0. The van der Waals surface area contributed by atoms with Crippen LogP contribution < -0.4 is 10.1 Å². The minimum Gasteiger partial charge on any atom is -0.484 e. The van der Waals surface area contributed by atoms with Gasteiger partial charge in [0.25, 0.3) is 5.91 Å². The van der Waals surface area contributed by atoms with Crippen LogP contribution in [0, 0.1) is 13.8 Å². The number of carbonyl (C=O) groups excluding carboxylic acids is 2. The summed E-state index contributed by atoms with van der Waals surface area (Å²) >= 11 is 9.62. The highest BCUT2D eigenvalue weighted by molar-refractivity contribution is 9.10. The summed E-state index contributed by atoms with van der Waals surface area (Å²) in [7, 11) is 0. The molecule has 5 nitrogen and oxygen atoms in total. The van der Waals surface area contributed by atoms with Crippen molar-refractivity contribution in [2.24, 2.45) is 0 Å². The Kier molecular flexibility index (Phi) is 8.74. The summed E-state index contributed by atoms with van der Waals surface area (Å²) in [6, 6.07) is 10.3. The van der Waals surface area contributed by atoms with Gasteiger partial charge in [0, 0.05) is 22.1 Å². The number of ether oxygens (including phenoxy) is 1. The molecule has 0 heterocycles. The standard InChI is InChI=1S/C23H28BrClN2O3/c1-14(2)26-23(29)17(5)27(12-18-7-6-8-19(25)11-18)21(28)13-30-20-9-15(3)22(24)16(4)10-20/h6-11,14,17H,12-13H2,1-5H3,(H,26,29). The fraction of sp³-hybridized carbons (Fsp3) is 0.391. The molecular formula is C23H28BrClN2O3. The second-order valence-electron chi connectivity index (χ2n) is 7.65. The smallest absolute Gasteiger partial charge is 0.261 e. The number of nitrogens with zero attached hydrogens (tertiary/aromatic N) is 1. The molecule has 0 aliphatic heterocycles. The number of amides is 2. The van der Waals surface area contributed by atoms with E-state index in [1.165, 1.54) is 4.90 Å². The molecule has 0 bridgehead atoms. The van der Waals surface area contributed by atoms with Gasteiger partial charge in [0.15, 0.2) is 6.61 Å². The maximum atomic E-state index is 13.1. The van der Waals surface area contributed by atoms with E-state index in [-0.39, 0.29) is 31.0 Å². The van der Waals surface area contributed by atoms with Crippen molar-refractivity contribution in [3.05, 3.63) is 62.6 Å². The number of rotatable bonds is 8. The molecule has 0 saturated heterocycles. The molecule has 30 heavy (non-hydrogen) atoms. The Hall–Kier alpha value is -2.05. The molecule has 2 rings (SSSR count). The molecule has 0 aliphatic carbocycles. The quantitative estimate of drug-likeness (QED) is 0.558. The predicted molar refractivity (Wildman–Crippen MR) is 124 cm³/mol. The monoisotopic (exact) mass is 494 g/mol. The molecule has 1 N–H and O–H groups in total. The summed E-state index contributed by atoms with van der Waals surface area (Å²) in [6.45, 7) is 9.51. The van der Waals surface area contributed by atoms with Crippen LogP contribution in [0.4, 0.5) is 0 Å². The predicted octanol–water partition coefficient (Wildman–Crippen LogP) is 5.04. The number of hydrogen-bond acceptors (Lipinski definition) is 3. The fourth-order valence-electron chi connectivity index (χ4n) is 3.04. The summed E-state index contributed by atoms with van der Waals surface area (Å²) in [6.07, 6.45) is 0. The fourth-order valence-corrected chi connectivity index (χ4v) is 3.48. The zero-order chi connectivity index (χ0) is 22.4. The molecule has 0 saturated carbocycles. The number of carbonyl (C=O) groups is 2. The van der Waals surface area contributed by atoms with Crippen molar-refractivity contribution < 1.29 is 14.3 Å². The van der Waals surface area contributed by atoms with Crippen LogP contribution in [0.5, 0.6) is 5.75 Å². The number of halogens is 2. The van der Waals surface area contributed by atoms with Crippen LogP contribution in [-0.4, -0.2) is 35.4 Å². The number of nitrogens with one attached hydrogen (secondary N) is 1. The van der Waals surface area contributed by atoms with E-state index in [1.54, 1.807) is 19.1 Å².